The standard InChI is InChI=1S/C3H2F3NO/c4-3(5,6)2(8)1-7/h2,8H. The third-order valence-electron chi connectivity index (χ3n) is 0.432. The molecule has 1 N–H and O–H groups in total. The molecule has 0 amide bonds. The molecule has 0 aromatic carbocycles. The van der Waals surface area contributed by atoms with Gasteiger partial charge in [-0.05, 0) is 0 Å². The van der Waals surface area contributed by atoms with E-state index in [1.165, 1.54) is 0 Å². The predicted molar refractivity (Wildman–Crippen MR) is 17.7 cm³/mol. The highest BCUT2D eigenvalue weighted by Crippen LogP contribution is 2.18. The lowest BCUT2D eigenvalue weighted by atomic mass is 10.4. The quantitative estimate of drug-likeness (QED) is 0.477. The van der Waals surface area contributed by atoms with Crippen molar-refractivity contribution in [3.05, 3.63) is 0 Å². The molecule has 0 bridgehead atoms. The van der Waals surface area contributed by atoms with Crippen molar-refractivity contribution in [2.75, 3.05) is 0 Å². The molecule has 0 saturated heterocycles. The summed E-state index contributed by atoms with van der Waals surface area (Å²) < 4.78 is 32.9. The fourth-order valence-electron chi connectivity index (χ4n) is 0.0732. The van der Waals surface area contributed by atoms with E-state index in [0.717, 1.165) is 0 Å². The zero-order valence-corrected chi connectivity index (χ0v) is 3.61. The van der Waals surface area contributed by atoms with E-state index in [9.17, 15) is 13.2 Å². The lowest BCUT2D eigenvalue weighted by molar-refractivity contribution is -0.185. The monoisotopic (exact) mass is 125 g/mol. The van der Waals surface area contributed by atoms with Crippen molar-refractivity contribution in [2.24, 2.45) is 0 Å². The number of halogens is 3. The average molecular weight is 125 g/mol. The third kappa shape index (κ3) is 1.80. The molecular weight excluding hydrogens is 123 g/mol. The van der Waals surface area contributed by atoms with Gasteiger partial charge < -0.3 is 5.11 Å². The summed E-state index contributed by atoms with van der Waals surface area (Å²) in [6, 6.07) is 0.635. The van der Waals surface area contributed by atoms with E-state index in [0.29, 0.717) is 6.07 Å². The summed E-state index contributed by atoms with van der Waals surface area (Å²) in [7, 11) is 0. The summed E-state index contributed by atoms with van der Waals surface area (Å²) in [5.41, 5.74) is 0. The van der Waals surface area contributed by atoms with E-state index >= 15 is 0 Å². The Balaban J connectivity index is 3.87. The number of aliphatic hydroxyl groups excluding tert-OH is 1. The van der Waals surface area contributed by atoms with Crippen LogP contribution in [0, 0.1) is 11.3 Å². The van der Waals surface area contributed by atoms with Crippen LogP contribution in [0.2, 0.25) is 0 Å². The molecule has 0 heterocycles. The number of aliphatic hydroxyl groups is 1. The molecule has 0 aliphatic carbocycles. The second-order valence-corrected chi connectivity index (χ2v) is 1.07. The molecule has 0 aromatic heterocycles. The van der Waals surface area contributed by atoms with Gasteiger partial charge in [-0.15, -0.1) is 0 Å². The maximum atomic E-state index is 11.0. The van der Waals surface area contributed by atoms with Gasteiger partial charge in [0.1, 0.15) is 6.07 Å². The topological polar surface area (TPSA) is 44.0 Å². The van der Waals surface area contributed by atoms with E-state index < -0.39 is 12.3 Å². The minimum Gasteiger partial charge on any atom is -0.371 e. The van der Waals surface area contributed by atoms with Gasteiger partial charge in [0, 0.05) is 0 Å². The predicted octanol–water partition coefficient (Wildman–Crippen LogP) is 0.433. The molecule has 2 nitrogen and oxygen atoms in total. The van der Waals surface area contributed by atoms with Crippen LogP contribution < -0.4 is 0 Å². The van der Waals surface area contributed by atoms with Gasteiger partial charge in [0.25, 0.3) is 0 Å². The van der Waals surface area contributed by atoms with Gasteiger partial charge in [-0.3, -0.25) is 0 Å². The zero-order valence-electron chi connectivity index (χ0n) is 3.61. The highest BCUT2D eigenvalue weighted by Gasteiger charge is 2.38. The van der Waals surface area contributed by atoms with E-state index in [1.807, 2.05) is 0 Å². The number of hydrogen-bond donors (Lipinski definition) is 1. The number of nitriles is 1. The fourth-order valence-corrected chi connectivity index (χ4v) is 0.0732. The molecule has 0 rings (SSSR count). The molecule has 0 aliphatic heterocycles. The highest BCUT2D eigenvalue weighted by molar-refractivity contribution is 4.87. The Hall–Kier alpha value is -0.760. The van der Waals surface area contributed by atoms with Crippen LogP contribution >= 0.6 is 0 Å². The summed E-state index contributed by atoms with van der Waals surface area (Å²) in [4.78, 5) is 0. The first kappa shape index (κ1) is 7.24. The second-order valence-electron chi connectivity index (χ2n) is 1.07. The maximum Gasteiger partial charge on any atom is 0.427 e. The Bertz CT molecular complexity index is 113. The number of hydrogen-bond acceptors (Lipinski definition) is 2. The molecule has 0 spiro atoms. The van der Waals surface area contributed by atoms with Crippen molar-refractivity contribution in [1.82, 2.24) is 0 Å². The number of nitrogens with zero attached hydrogens (tertiary/aromatic N) is 1. The Kier molecular flexibility index (Phi) is 1.82. The normalized spacial score (nSPS) is 14.9. The van der Waals surface area contributed by atoms with Crippen molar-refractivity contribution >= 4 is 0 Å². The first-order valence-corrected chi connectivity index (χ1v) is 1.63. The lowest BCUT2D eigenvalue weighted by Gasteiger charge is -2.04. The largest absolute Gasteiger partial charge is 0.427 e. The Morgan fingerprint density at radius 3 is 1.88 bits per heavy atom. The van der Waals surface area contributed by atoms with Crippen LogP contribution in [0.15, 0.2) is 0 Å². The van der Waals surface area contributed by atoms with Crippen LogP contribution in [0.4, 0.5) is 13.2 Å². The van der Waals surface area contributed by atoms with Crippen molar-refractivity contribution in [3.63, 3.8) is 0 Å². The van der Waals surface area contributed by atoms with Gasteiger partial charge in [0.05, 0.1) is 0 Å². The van der Waals surface area contributed by atoms with Gasteiger partial charge in [0.15, 0.2) is 0 Å². The Morgan fingerprint density at radius 1 is 1.50 bits per heavy atom. The Labute approximate surface area is 43.2 Å². The van der Waals surface area contributed by atoms with Gasteiger partial charge in [0.2, 0.25) is 6.10 Å². The van der Waals surface area contributed by atoms with Gasteiger partial charge in [-0.25, -0.2) is 0 Å². The van der Waals surface area contributed by atoms with Gasteiger partial charge in [-0.2, -0.15) is 18.4 Å². The van der Waals surface area contributed by atoms with Crippen LogP contribution in [0.5, 0.6) is 0 Å². The first-order chi connectivity index (χ1) is 3.48. The molecule has 0 aromatic rings. The van der Waals surface area contributed by atoms with Crippen molar-refractivity contribution < 1.29 is 18.3 Å². The van der Waals surface area contributed by atoms with E-state index in [2.05, 4.69) is 0 Å². The average Bonchev–Trinajstić information content (AvgIpc) is 1.62. The second kappa shape index (κ2) is 2.01. The minimum atomic E-state index is -4.80. The summed E-state index contributed by atoms with van der Waals surface area (Å²) in [6.07, 6.45) is -7.64. The third-order valence-corrected chi connectivity index (χ3v) is 0.432. The molecule has 0 fully saturated rings. The van der Waals surface area contributed by atoms with Crippen molar-refractivity contribution in [1.29, 1.82) is 5.26 Å². The molecule has 1 unspecified atom stereocenters. The molecule has 1 atom stereocenters. The van der Waals surface area contributed by atoms with Crippen molar-refractivity contribution in [2.45, 2.75) is 12.3 Å². The van der Waals surface area contributed by atoms with E-state index in [-0.39, 0.29) is 0 Å². The summed E-state index contributed by atoms with van der Waals surface area (Å²) in [5.74, 6) is 0. The van der Waals surface area contributed by atoms with Gasteiger partial charge in [-0.1, -0.05) is 0 Å². The smallest absolute Gasteiger partial charge is 0.371 e. The molecule has 0 saturated carbocycles. The van der Waals surface area contributed by atoms with Crippen molar-refractivity contribution in [3.8, 4) is 6.07 Å². The molecule has 46 valence electrons. The SMILES string of the molecule is N#CC(O)C(F)(F)F. The maximum absolute atomic E-state index is 11.0. The lowest BCUT2D eigenvalue weighted by Crippen LogP contribution is -2.26. The zero-order chi connectivity index (χ0) is 6.78. The minimum absolute atomic E-state index is 0.635. The molecule has 0 radical (unpaired) electrons. The van der Waals surface area contributed by atoms with Crippen LogP contribution in [0.3, 0.4) is 0 Å². The first-order valence-electron chi connectivity index (χ1n) is 1.63. The molecule has 0 aliphatic rings. The summed E-state index contributed by atoms with van der Waals surface area (Å²) >= 11 is 0. The van der Waals surface area contributed by atoms with Crippen LogP contribution in [0.1, 0.15) is 0 Å². The molecule has 8 heavy (non-hydrogen) atoms. The number of rotatable bonds is 0. The molecule has 5 heteroatoms. The van der Waals surface area contributed by atoms with E-state index in [4.69, 9.17) is 10.4 Å². The summed E-state index contributed by atoms with van der Waals surface area (Å²) in [6.45, 7) is 0. The highest BCUT2D eigenvalue weighted by atomic mass is 19.4. The summed E-state index contributed by atoms with van der Waals surface area (Å²) in [5, 5.41) is 15.2. The Morgan fingerprint density at radius 2 is 1.88 bits per heavy atom. The van der Waals surface area contributed by atoms with Crippen LogP contribution in [0.25, 0.3) is 0 Å². The van der Waals surface area contributed by atoms with Crippen LogP contribution in [-0.4, -0.2) is 17.4 Å². The molecular formula is C3H2F3NO. The van der Waals surface area contributed by atoms with Crippen LogP contribution in [-0.2, 0) is 0 Å². The fraction of sp³-hybridized carbons (Fsp3) is 0.667. The van der Waals surface area contributed by atoms with Gasteiger partial charge >= 0.3 is 6.18 Å². The van der Waals surface area contributed by atoms with E-state index in [1.54, 1.807) is 0 Å². The number of alkyl halides is 3.